The molecule has 1 fully saturated rings. The van der Waals surface area contributed by atoms with Gasteiger partial charge in [-0.15, -0.1) is 0 Å². The molecule has 3 heterocycles. The monoisotopic (exact) mass is 393 g/mol. The lowest BCUT2D eigenvalue weighted by molar-refractivity contribution is 0.122. The van der Waals surface area contributed by atoms with Crippen LogP contribution < -0.4 is 14.5 Å². The van der Waals surface area contributed by atoms with Gasteiger partial charge in [0.05, 0.1) is 25.4 Å². The molecule has 3 aliphatic heterocycles. The minimum Gasteiger partial charge on any atom is -0.490 e. The Balaban J connectivity index is 1.50. The lowest BCUT2D eigenvalue weighted by Gasteiger charge is -2.30. The summed E-state index contributed by atoms with van der Waals surface area (Å²) >= 11 is 0. The van der Waals surface area contributed by atoms with E-state index in [2.05, 4.69) is 65.2 Å². The third-order valence-electron chi connectivity index (χ3n) is 6.60. The van der Waals surface area contributed by atoms with Gasteiger partial charge in [-0.25, -0.2) is 0 Å². The van der Waals surface area contributed by atoms with Gasteiger partial charge >= 0.3 is 0 Å². The lowest BCUT2D eigenvalue weighted by Crippen LogP contribution is -2.36. The molecule has 1 unspecified atom stereocenters. The normalized spacial score (nSPS) is 22.5. The smallest absolute Gasteiger partial charge is 0.142 e. The maximum atomic E-state index is 5.99. The highest BCUT2D eigenvalue weighted by atomic mass is 16.5. The Kier molecular flexibility index (Phi) is 5.10. The van der Waals surface area contributed by atoms with E-state index in [9.17, 15) is 0 Å². The van der Waals surface area contributed by atoms with Gasteiger partial charge in [0, 0.05) is 38.3 Å². The first-order valence-electron chi connectivity index (χ1n) is 10.8. The maximum Gasteiger partial charge on any atom is 0.142 e. The summed E-state index contributed by atoms with van der Waals surface area (Å²) in [5.41, 5.74) is 6.82. The Bertz CT molecular complexity index is 878. The highest BCUT2D eigenvalue weighted by Crippen LogP contribution is 2.40. The SMILES string of the molecule is CN1CCC(c2ccc3c(c2)OCCN3C)c2ccc(N3CCOCC3)cc2C1. The van der Waals surface area contributed by atoms with Crippen LogP contribution in [0.2, 0.25) is 0 Å². The summed E-state index contributed by atoms with van der Waals surface area (Å²) in [5.74, 6) is 1.44. The number of hydrogen-bond acceptors (Lipinski definition) is 5. The molecule has 3 aliphatic rings. The van der Waals surface area contributed by atoms with Gasteiger partial charge in [0.25, 0.3) is 0 Å². The number of likely N-dealkylation sites (N-methyl/N-ethyl adjacent to an activating group) is 1. The van der Waals surface area contributed by atoms with Crippen molar-refractivity contribution in [1.82, 2.24) is 4.90 Å². The number of rotatable bonds is 2. The fourth-order valence-electron chi connectivity index (χ4n) is 4.90. The first kappa shape index (κ1) is 18.8. The van der Waals surface area contributed by atoms with Crippen molar-refractivity contribution in [1.29, 1.82) is 0 Å². The molecule has 2 aromatic rings. The number of hydrogen-bond donors (Lipinski definition) is 0. The number of fused-ring (bicyclic) bond motifs is 2. The molecular formula is C24H31N3O2. The molecule has 1 atom stereocenters. The molecule has 0 amide bonds. The summed E-state index contributed by atoms with van der Waals surface area (Å²) in [7, 11) is 4.38. The van der Waals surface area contributed by atoms with Crippen molar-refractivity contribution in [3.63, 3.8) is 0 Å². The van der Waals surface area contributed by atoms with Gasteiger partial charge in [-0.05, 0) is 61.0 Å². The van der Waals surface area contributed by atoms with Gasteiger partial charge in [-0.3, -0.25) is 0 Å². The number of ether oxygens (including phenoxy) is 2. The molecule has 154 valence electrons. The van der Waals surface area contributed by atoms with E-state index in [0.717, 1.165) is 64.7 Å². The predicted octanol–water partition coefficient (Wildman–Crippen LogP) is 3.32. The minimum absolute atomic E-state index is 0.412. The van der Waals surface area contributed by atoms with Gasteiger partial charge in [0.1, 0.15) is 12.4 Å². The Hall–Kier alpha value is -2.24. The molecule has 0 aliphatic carbocycles. The van der Waals surface area contributed by atoms with Crippen molar-refractivity contribution >= 4 is 11.4 Å². The molecule has 2 aromatic carbocycles. The van der Waals surface area contributed by atoms with Gasteiger partial charge in [0.2, 0.25) is 0 Å². The highest BCUT2D eigenvalue weighted by molar-refractivity contribution is 5.62. The maximum absolute atomic E-state index is 5.99. The third kappa shape index (κ3) is 3.69. The molecule has 5 rings (SSSR count). The summed E-state index contributed by atoms with van der Waals surface area (Å²) in [5, 5.41) is 0. The summed E-state index contributed by atoms with van der Waals surface area (Å²) in [6.45, 7) is 7.43. The van der Waals surface area contributed by atoms with Crippen molar-refractivity contribution < 1.29 is 9.47 Å². The molecule has 29 heavy (non-hydrogen) atoms. The van der Waals surface area contributed by atoms with Crippen LogP contribution in [-0.2, 0) is 11.3 Å². The van der Waals surface area contributed by atoms with E-state index in [1.807, 2.05) is 0 Å². The molecule has 0 N–H and O–H groups in total. The van der Waals surface area contributed by atoms with Crippen LogP contribution in [0.5, 0.6) is 5.75 Å². The second kappa shape index (κ2) is 7.88. The Morgan fingerprint density at radius 2 is 1.76 bits per heavy atom. The minimum atomic E-state index is 0.412. The average molecular weight is 394 g/mol. The zero-order chi connectivity index (χ0) is 19.8. The zero-order valence-corrected chi connectivity index (χ0v) is 17.6. The standard InChI is InChI=1S/C24H31N3O2/c1-25-8-7-22(18-3-6-23-24(16-18)29-14-9-26(23)2)21-5-4-20(15-19(21)17-25)27-10-12-28-13-11-27/h3-6,15-16,22H,7-14,17H2,1-2H3. The number of morpholine rings is 1. The molecule has 5 nitrogen and oxygen atoms in total. The van der Waals surface area contributed by atoms with Crippen LogP contribution in [0, 0.1) is 0 Å². The van der Waals surface area contributed by atoms with Gasteiger partial charge in [0.15, 0.2) is 0 Å². The molecule has 1 saturated heterocycles. The van der Waals surface area contributed by atoms with Crippen molar-refractivity contribution in [3.05, 3.63) is 53.1 Å². The van der Waals surface area contributed by atoms with Crippen LogP contribution in [0.3, 0.4) is 0 Å². The van der Waals surface area contributed by atoms with E-state index >= 15 is 0 Å². The Morgan fingerprint density at radius 3 is 2.62 bits per heavy atom. The second-order valence-corrected chi connectivity index (χ2v) is 8.56. The van der Waals surface area contributed by atoms with Crippen LogP contribution in [0.15, 0.2) is 36.4 Å². The third-order valence-corrected chi connectivity index (χ3v) is 6.60. The van der Waals surface area contributed by atoms with Crippen LogP contribution in [0.1, 0.15) is 29.0 Å². The van der Waals surface area contributed by atoms with Crippen LogP contribution in [0.4, 0.5) is 11.4 Å². The number of benzene rings is 2. The fraction of sp³-hybridized carbons (Fsp3) is 0.500. The van der Waals surface area contributed by atoms with E-state index < -0.39 is 0 Å². The predicted molar refractivity (Wildman–Crippen MR) is 117 cm³/mol. The summed E-state index contributed by atoms with van der Waals surface area (Å²) in [6, 6.07) is 13.9. The summed E-state index contributed by atoms with van der Waals surface area (Å²) < 4.78 is 11.5. The largest absolute Gasteiger partial charge is 0.490 e. The molecule has 0 bridgehead atoms. The van der Waals surface area contributed by atoms with E-state index in [4.69, 9.17) is 9.47 Å². The fourth-order valence-corrected chi connectivity index (χ4v) is 4.90. The van der Waals surface area contributed by atoms with Crippen LogP contribution in [-0.4, -0.2) is 65.0 Å². The summed E-state index contributed by atoms with van der Waals surface area (Å²) in [6.07, 6.45) is 1.13. The van der Waals surface area contributed by atoms with Crippen LogP contribution in [0.25, 0.3) is 0 Å². The first-order chi connectivity index (χ1) is 14.2. The number of anilines is 2. The molecule has 0 aromatic heterocycles. The highest BCUT2D eigenvalue weighted by Gasteiger charge is 2.25. The Labute approximate surface area is 173 Å². The average Bonchev–Trinajstić information content (AvgIpc) is 2.92. The van der Waals surface area contributed by atoms with E-state index in [1.54, 1.807) is 0 Å². The second-order valence-electron chi connectivity index (χ2n) is 8.56. The van der Waals surface area contributed by atoms with Gasteiger partial charge in [-0.2, -0.15) is 0 Å². The molecule has 5 heteroatoms. The number of nitrogens with zero attached hydrogens (tertiary/aromatic N) is 3. The van der Waals surface area contributed by atoms with Crippen molar-refractivity contribution in [2.45, 2.75) is 18.9 Å². The molecule has 0 radical (unpaired) electrons. The van der Waals surface area contributed by atoms with Gasteiger partial charge < -0.3 is 24.2 Å². The summed E-state index contributed by atoms with van der Waals surface area (Å²) in [4.78, 5) is 7.18. The van der Waals surface area contributed by atoms with Crippen LogP contribution >= 0.6 is 0 Å². The van der Waals surface area contributed by atoms with Crippen molar-refractivity contribution in [2.75, 3.05) is 69.9 Å². The molecule has 0 spiro atoms. The van der Waals surface area contributed by atoms with Gasteiger partial charge in [-0.1, -0.05) is 12.1 Å². The van der Waals surface area contributed by atoms with E-state index in [-0.39, 0.29) is 0 Å². The topological polar surface area (TPSA) is 28.2 Å². The lowest BCUT2D eigenvalue weighted by atomic mass is 9.86. The first-order valence-corrected chi connectivity index (χ1v) is 10.8. The van der Waals surface area contributed by atoms with Crippen molar-refractivity contribution in [2.24, 2.45) is 0 Å². The zero-order valence-electron chi connectivity index (χ0n) is 17.6. The van der Waals surface area contributed by atoms with E-state index in [0.29, 0.717) is 5.92 Å². The van der Waals surface area contributed by atoms with E-state index in [1.165, 1.54) is 28.1 Å². The Morgan fingerprint density at radius 1 is 0.897 bits per heavy atom. The molecule has 0 saturated carbocycles. The quantitative estimate of drug-likeness (QED) is 0.781. The molecular weight excluding hydrogens is 362 g/mol. The van der Waals surface area contributed by atoms with Crippen molar-refractivity contribution in [3.8, 4) is 5.75 Å².